The molecule has 0 unspecified atom stereocenters. The second-order valence-electron chi connectivity index (χ2n) is 7.84. The van der Waals surface area contributed by atoms with Crippen molar-refractivity contribution < 1.29 is 17.9 Å². The van der Waals surface area contributed by atoms with E-state index in [1.54, 1.807) is 50.4 Å². The number of carbonyl (C=O) groups excluding carboxylic acids is 1. The molecule has 7 heteroatoms. The predicted molar refractivity (Wildman–Crippen MR) is 118 cm³/mol. The quantitative estimate of drug-likeness (QED) is 0.688. The number of hydrogen-bond donors (Lipinski definition) is 1. The van der Waals surface area contributed by atoms with Gasteiger partial charge in [0.2, 0.25) is 5.91 Å². The Morgan fingerprint density at radius 2 is 1.77 bits per heavy atom. The minimum Gasteiger partial charge on any atom is -0.497 e. The summed E-state index contributed by atoms with van der Waals surface area (Å²) in [7, 11) is -2.27. The SMILES string of the molecule is COc1ccc(N(CCC(=O)NC2CCCC2)S(=O)(=O)c2ccc(C)cc2C)cc1. The molecular weight excluding hydrogens is 400 g/mol. The molecule has 3 rings (SSSR count). The summed E-state index contributed by atoms with van der Waals surface area (Å²) in [6, 6.07) is 12.3. The van der Waals surface area contributed by atoms with Crippen LogP contribution >= 0.6 is 0 Å². The second-order valence-corrected chi connectivity index (χ2v) is 9.67. The highest BCUT2D eigenvalue weighted by atomic mass is 32.2. The van der Waals surface area contributed by atoms with Gasteiger partial charge in [-0.3, -0.25) is 9.10 Å². The summed E-state index contributed by atoms with van der Waals surface area (Å²) in [4.78, 5) is 12.7. The zero-order valence-corrected chi connectivity index (χ0v) is 18.7. The summed E-state index contributed by atoms with van der Waals surface area (Å²) < 4.78 is 33.6. The molecule has 0 radical (unpaired) electrons. The van der Waals surface area contributed by atoms with Crippen LogP contribution < -0.4 is 14.4 Å². The number of ether oxygens (including phenoxy) is 1. The van der Waals surface area contributed by atoms with Crippen molar-refractivity contribution >= 4 is 21.6 Å². The molecule has 2 aromatic rings. The maximum atomic E-state index is 13.5. The van der Waals surface area contributed by atoms with Crippen LogP contribution in [0, 0.1) is 13.8 Å². The highest BCUT2D eigenvalue weighted by molar-refractivity contribution is 7.92. The average Bonchev–Trinajstić information content (AvgIpc) is 3.21. The zero-order valence-electron chi connectivity index (χ0n) is 17.8. The van der Waals surface area contributed by atoms with Gasteiger partial charge in [-0.25, -0.2) is 8.42 Å². The topological polar surface area (TPSA) is 75.7 Å². The minimum absolute atomic E-state index is 0.0700. The second kappa shape index (κ2) is 9.51. The van der Waals surface area contributed by atoms with Crippen molar-refractivity contribution in [2.24, 2.45) is 0 Å². The van der Waals surface area contributed by atoms with Crippen LogP contribution in [0.5, 0.6) is 5.75 Å². The monoisotopic (exact) mass is 430 g/mol. The average molecular weight is 431 g/mol. The molecular formula is C23H30N2O4S. The van der Waals surface area contributed by atoms with E-state index in [1.807, 2.05) is 13.0 Å². The maximum absolute atomic E-state index is 13.5. The number of rotatable bonds is 8. The van der Waals surface area contributed by atoms with Crippen LogP contribution in [-0.2, 0) is 14.8 Å². The number of aryl methyl sites for hydroxylation is 2. The van der Waals surface area contributed by atoms with Gasteiger partial charge in [-0.1, -0.05) is 30.5 Å². The Morgan fingerprint density at radius 1 is 1.10 bits per heavy atom. The fourth-order valence-corrected chi connectivity index (χ4v) is 5.59. The highest BCUT2D eigenvalue weighted by Crippen LogP contribution is 2.28. The molecule has 1 fully saturated rings. The van der Waals surface area contributed by atoms with Gasteiger partial charge in [0, 0.05) is 19.0 Å². The lowest BCUT2D eigenvalue weighted by atomic mass is 10.2. The molecule has 0 spiro atoms. The van der Waals surface area contributed by atoms with Gasteiger partial charge < -0.3 is 10.1 Å². The number of sulfonamides is 1. The Kier molecular flexibility index (Phi) is 7.02. The van der Waals surface area contributed by atoms with E-state index in [2.05, 4.69) is 5.32 Å². The van der Waals surface area contributed by atoms with Crippen molar-refractivity contribution in [1.29, 1.82) is 0 Å². The van der Waals surface area contributed by atoms with Crippen LogP contribution in [0.3, 0.4) is 0 Å². The third-order valence-electron chi connectivity index (χ3n) is 5.52. The van der Waals surface area contributed by atoms with E-state index in [0.717, 1.165) is 31.2 Å². The number of benzene rings is 2. The minimum atomic E-state index is -3.83. The highest BCUT2D eigenvalue weighted by Gasteiger charge is 2.27. The summed E-state index contributed by atoms with van der Waals surface area (Å²) in [6.45, 7) is 3.79. The van der Waals surface area contributed by atoms with Gasteiger partial charge in [0.15, 0.2) is 0 Å². The molecule has 162 valence electrons. The van der Waals surface area contributed by atoms with Crippen molar-refractivity contribution in [2.75, 3.05) is 18.0 Å². The largest absolute Gasteiger partial charge is 0.497 e. The molecule has 1 aliphatic carbocycles. The Balaban J connectivity index is 1.87. The fourth-order valence-electron chi connectivity index (χ4n) is 3.92. The third-order valence-corrected chi connectivity index (χ3v) is 7.51. The van der Waals surface area contributed by atoms with Gasteiger partial charge in [-0.15, -0.1) is 0 Å². The molecule has 1 N–H and O–H groups in total. The fraction of sp³-hybridized carbons (Fsp3) is 0.435. The standard InChI is InChI=1S/C23H30N2O4S/c1-17-8-13-22(18(2)16-17)30(27,28)25(20-9-11-21(29-3)12-10-20)15-14-23(26)24-19-6-4-5-7-19/h8-13,16,19H,4-7,14-15H2,1-3H3,(H,24,26). The molecule has 30 heavy (non-hydrogen) atoms. The third kappa shape index (κ3) is 5.14. The molecule has 1 aliphatic rings. The van der Waals surface area contributed by atoms with Gasteiger partial charge in [0.05, 0.1) is 17.7 Å². The normalized spacial score (nSPS) is 14.5. The molecule has 0 saturated heterocycles. The van der Waals surface area contributed by atoms with Crippen LogP contribution in [0.25, 0.3) is 0 Å². The van der Waals surface area contributed by atoms with Crippen LogP contribution in [-0.4, -0.2) is 34.0 Å². The lowest BCUT2D eigenvalue weighted by Gasteiger charge is -2.26. The van der Waals surface area contributed by atoms with Crippen LogP contribution in [0.1, 0.15) is 43.2 Å². The molecule has 2 aromatic carbocycles. The van der Waals surface area contributed by atoms with E-state index in [9.17, 15) is 13.2 Å². The van der Waals surface area contributed by atoms with Gasteiger partial charge in [-0.05, 0) is 62.6 Å². The van der Waals surface area contributed by atoms with Crippen molar-refractivity contribution in [1.82, 2.24) is 5.32 Å². The number of carbonyl (C=O) groups is 1. The van der Waals surface area contributed by atoms with E-state index in [-0.39, 0.29) is 29.8 Å². The number of nitrogens with zero attached hydrogens (tertiary/aromatic N) is 1. The van der Waals surface area contributed by atoms with Crippen LogP contribution in [0.2, 0.25) is 0 Å². The lowest BCUT2D eigenvalue weighted by molar-refractivity contribution is -0.121. The first kappa shape index (κ1) is 22.2. The number of methoxy groups -OCH3 is 1. The first-order valence-corrected chi connectivity index (χ1v) is 11.8. The van der Waals surface area contributed by atoms with E-state index in [0.29, 0.717) is 17.0 Å². The Labute approximate surface area is 179 Å². The zero-order chi connectivity index (χ0) is 21.7. The van der Waals surface area contributed by atoms with Crippen molar-refractivity contribution in [2.45, 2.75) is 56.9 Å². The molecule has 0 aromatic heterocycles. The Hall–Kier alpha value is -2.54. The number of amides is 1. The summed E-state index contributed by atoms with van der Waals surface area (Å²) in [5.41, 5.74) is 2.19. The summed E-state index contributed by atoms with van der Waals surface area (Å²) in [5.74, 6) is 0.526. The van der Waals surface area contributed by atoms with E-state index >= 15 is 0 Å². The molecule has 0 atom stereocenters. The predicted octanol–water partition coefficient (Wildman–Crippen LogP) is 3.96. The first-order valence-electron chi connectivity index (χ1n) is 10.3. The molecule has 0 bridgehead atoms. The van der Waals surface area contributed by atoms with Gasteiger partial charge in [0.1, 0.15) is 5.75 Å². The Morgan fingerprint density at radius 3 is 2.37 bits per heavy atom. The molecule has 0 heterocycles. The van der Waals surface area contributed by atoms with Gasteiger partial charge in [-0.2, -0.15) is 0 Å². The smallest absolute Gasteiger partial charge is 0.264 e. The van der Waals surface area contributed by atoms with Crippen molar-refractivity contribution in [3.8, 4) is 5.75 Å². The molecule has 1 amide bonds. The number of nitrogens with one attached hydrogen (secondary N) is 1. The summed E-state index contributed by atoms with van der Waals surface area (Å²) in [5, 5.41) is 3.03. The van der Waals surface area contributed by atoms with Crippen LogP contribution in [0.15, 0.2) is 47.4 Å². The maximum Gasteiger partial charge on any atom is 0.264 e. The summed E-state index contributed by atoms with van der Waals surface area (Å²) >= 11 is 0. The molecule has 1 saturated carbocycles. The Bertz CT molecular complexity index is 981. The number of hydrogen-bond acceptors (Lipinski definition) is 4. The van der Waals surface area contributed by atoms with E-state index < -0.39 is 10.0 Å². The molecule has 6 nitrogen and oxygen atoms in total. The molecule has 0 aliphatic heterocycles. The van der Waals surface area contributed by atoms with Gasteiger partial charge in [0.25, 0.3) is 10.0 Å². The van der Waals surface area contributed by atoms with Crippen molar-refractivity contribution in [3.63, 3.8) is 0 Å². The van der Waals surface area contributed by atoms with Gasteiger partial charge >= 0.3 is 0 Å². The van der Waals surface area contributed by atoms with Crippen molar-refractivity contribution in [3.05, 3.63) is 53.6 Å². The summed E-state index contributed by atoms with van der Waals surface area (Å²) in [6.07, 6.45) is 4.35. The van der Waals surface area contributed by atoms with E-state index in [1.165, 1.54) is 4.31 Å². The first-order chi connectivity index (χ1) is 14.3. The number of anilines is 1. The van der Waals surface area contributed by atoms with E-state index in [4.69, 9.17) is 4.74 Å². The van der Waals surface area contributed by atoms with Crippen LogP contribution in [0.4, 0.5) is 5.69 Å². The lowest BCUT2D eigenvalue weighted by Crippen LogP contribution is -2.38.